The van der Waals surface area contributed by atoms with Crippen LogP contribution in [0.1, 0.15) is 57.5 Å². The van der Waals surface area contributed by atoms with E-state index in [9.17, 15) is 0 Å². The molecule has 0 amide bonds. The second kappa shape index (κ2) is 9.09. The number of anilines is 1. The SMILES string of the molecule is C=C(C)Cc1c(C)c2c3c(cc(C)n3C3COCC3N2C)c1-c1ccc(Cl)cc1.CC(C)(C)C. The summed E-state index contributed by atoms with van der Waals surface area (Å²) in [6, 6.07) is 11.4. The van der Waals surface area contributed by atoms with Crippen molar-refractivity contribution in [1.82, 2.24) is 4.57 Å². The summed E-state index contributed by atoms with van der Waals surface area (Å²) in [6.45, 7) is 21.1. The number of rotatable bonds is 3. The minimum Gasteiger partial charge on any atom is -0.377 e. The van der Waals surface area contributed by atoms with Crippen molar-refractivity contribution in [1.29, 1.82) is 0 Å². The summed E-state index contributed by atoms with van der Waals surface area (Å²) in [5, 5.41) is 2.08. The molecule has 1 fully saturated rings. The van der Waals surface area contributed by atoms with Crippen molar-refractivity contribution in [2.45, 2.75) is 67.0 Å². The fraction of sp³-hybridized carbons (Fsp3) is 0.467. The molecule has 1 saturated heterocycles. The van der Waals surface area contributed by atoms with Gasteiger partial charge in [-0.3, -0.25) is 0 Å². The standard InChI is InChI=1S/C25H27ClN2O.C5H12/c1-14(2)10-19-16(4)24-25-20(23(19)17-6-8-18(26)9-7-17)11-15(3)28(25)22-13-29-12-21(22)27(24)5;1-5(2,3)4/h6-9,11,21-22H,1,10,12-13H2,2-5H3;1-4H3. The van der Waals surface area contributed by atoms with Crippen molar-refractivity contribution >= 4 is 28.2 Å². The first kappa shape index (κ1) is 24.9. The number of likely N-dealkylation sites (N-methyl/N-ethyl adjacent to an activating group) is 1. The predicted molar refractivity (Wildman–Crippen MR) is 148 cm³/mol. The Kier molecular flexibility index (Phi) is 6.65. The topological polar surface area (TPSA) is 17.4 Å². The lowest BCUT2D eigenvalue weighted by atomic mass is 9.86. The zero-order chi connectivity index (χ0) is 24.9. The third-order valence-electron chi connectivity index (χ3n) is 6.65. The second-order valence-electron chi connectivity index (χ2n) is 11.7. The molecule has 2 aliphatic heterocycles. The predicted octanol–water partition coefficient (Wildman–Crippen LogP) is 8.14. The molecular formula is C30H39ClN2O. The maximum atomic E-state index is 6.20. The van der Waals surface area contributed by atoms with E-state index >= 15 is 0 Å². The fourth-order valence-electron chi connectivity index (χ4n) is 5.40. The Hall–Kier alpha value is -2.23. The first-order chi connectivity index (χ1) is 15.9. The van der Waals surface area contributed by atoms with Crippen LogP contribution in [0, 0.1) is 19.3 Å². The maximum absolute atomic E-state index is 6.20. The van der Waals surface area contributed by atoms with Gasteiger partial charge in [-0.15, -0.1) is 0 Å². The van der Waals surface area contributed by atoms with Crippen LogP contribution in [0.15, 0.2) is 42.5 Å². The minimum atomic E-state index is 0.370. The van der Waals surface area contributed by atoms with E-state index in [1.54, 1.807) is 0 Å². The number of nitrogens with zero attached hydrogens (tertiary/aromatic N) is 2. The molecule has 2 aromatic carbocycles. The van der Waals surface area contributed by atoms with Crippen LogP contribution in [0.2, 0.25) is 5.02 Å². The number of benzene rings is 2. The summed E-state index contributed by atoms with van der Waals surface area (Å²) in [5.74, 6) is 0. The number of aryl methyl sites for hydroxylation is 1. The van der Waals surface area contributed by atoms with E-state index in [4.69, 9.17) is 16.3 Å². The molecule has 0 radical (unpaired) electrons. The molecule has 0 bridgehead atoms. The molecule has 0 saturated carbocycles. The van der Waals surface area contributed by atoms with Gasteiger partial charge in [-0.1, -0.05) is 63.6 Å². The van der Waals surface area contributed by atoms with Crippen LogP contribution < -0.4 is 4.90 Å². The van der Waals surface area contributed by atoms with E-state index in [0.29, 0.717) is 17.5 Å². The lowest BCUT2D eigenvalue weighted by Crippen LogP contribution is -2.42. The minimum absolute atomic E-state index is 0.370. The van der Waals surface area contributed by atoms with Gasteiger partial charge in [-0.2, -0.15) is 0 Å². The molecule has 4 heteroatoms. The maximum Gasteiger partial charge on any atom is 0.0799 e. The number of ether oxygens (including phenoxy) is 1. The summed E-state index contributed by atoms with van der Waals surface area (Å²) in [6.07, 6.45) is 0.870. The normalized spacial score (nSPS) is 19.1. The molecule has 1 aromatic heterocycles. The zero-order valence-corrected chi connectivity index (χ0v) is 22.8. The summed E-state index contributed by atoms with van der Waals surface area (Å²) in [7, 11) is 2.23. The van der Waals surface area contributed by atoms with E-state index in [1.165, 1.54) is 50.1 Å². The highest BCUT2D eigenvalue weighted by molar-refractivity contribution is 6.30. The first-order valence-corrected chi connectivity index (χ1v) is 12.6. The van der Waals surface area contributed by atoms with Gasteiger partial charge in [0, 0.05) is 23.2 Å². The lowest BCUT2D eigenvalue weighted by molar-refractivity contribution is 0.185. The monoisotopic (exact) mass is 478 g/mol. The Morgan fingerprint density at radius 1 is 1.09 bits per heavy atom. The molecule has 5 rings (SSSR count). The Morgan fingerprint density at radius 2 is 1.68 bits per heavy atom. The molecule has 182 valence electrons. The van der Waals surface area contributed by atoms with Gasteiger partial charge < -0.3 is 14.2 Å². The van der Waals surface area contributed by atoms with Gasteiger partial charge in [0.15, 0.2) is 0 Å². The highest BCUT2D eigenvalue weighted by Crippen LogP contribution is 2.49. The van der Waals surface area contributed by atoms with Crippen LogP contribution in [0.25, 0.3) is 22.0 Å². The Labute approximate surface area is 210 Å². The number of allylic oxidation sites excluding steroid dienone is 1. The quantitative estimate of drug-likeness (QED) is 0.353. The Balaban J connectivity index is 0.000000499. The van der Waals surface area contributed by atoms with E-state index in [-0.39, 0.29) is 0 Å². The smallest absolute Gasteiger partial charge is 0.0799 e. The fourth-order valence-corrected chi connectivity index (χ4v) is 5.52. The van der Waals surface area contributed by atoms with E-state index in [0.717, 1.165) is 24.7 Å². The van der Waals surface area contributed by atoms with Crippen LogP contribution in [-0.4, -0.2) is 30.9 Å². The number of fused-ring (bicyclic) bond motifs is 2. The van der Waals surface area contributed by atoms with Crippen molar-refractivity contribution < 1.29 is 4.74 Å². The van der Waals surface area contributed by atoms with Gasteiger partial charge in [-0.25, -0.2) is 0 Å². The number of halogens is 1. The molecular weight excluding hydrogens is 440 g/mol. The van der Waals surface area contributed by atoms with Crippen molar-refractivity contribution in [3.8, 4) is 11.1 Å². The average Bonchev–Trinajstić information content (AvgIpc) is 3.32. The first-order valence-electron chi connectivity index (χ1n) is 12.3. The number of aromatic nitrogens is 1. The molecule has 34 heavy (non-hydrogen) atoms. The van der Waals surface area contributed by atoms with Crippen molar-refractivity contribution in [2.75, 3.05) is 25.2 Å². The van der Waals surface area contributed by atoms with Crippen LogP contribution >= 0.6 is 11.6 Å². The highest BCUT2D eigenvalue weighted by atomic mass is 35.5. The van der Waals surface area contributed by atoms with Crippen molar-refractivity contribution in [2.24, 2.45) is 5.41 Å². The molecule has 3 nitrogen and oxygen atoms in total. The summed E-state index contributed by atoms with van der Waals surface area (Å²) >= 11 is 6.20. The van der Waals surface area contributed by atoms with Gasteiger partial charge in [0.05, 0.1) is 36.5 Å². The van der Waals surface area contributed by atoms with E-state index in [1.807, 2.05) is 12.1 Å². The van der Waals surface area contributed by atoms with E-state index in [2.05, 4.69) is 89.8 Å². The largest absolute Gasteiger partial charge is 0.377 e. The van der Waals surface area contributed by atoms with Crippen LogP contribution in [0.4, 0.5) is 5.69 Å². The second-order valence-corrected chi connectivity index (χ2v) is 12.1. The third-order valence-corrected chi connectivity index (χ3v) is 6.90. The number of hydrogen-bond acceptors (Lipinski definition) is 2. The molecule has 0 spiro atoms. The Morgan fingerprint density at radius 3 is 2.26 bits per heavy atom. The van der Waals surface area contributed by atoms with Crippen LogP contribution in [0.5, 0.6) is 0 Å². The summed E-state index contributed by atoms with van der Waals surface area (Å²) < 4.78 is 8.45. The third kappa shape index (κ3) is 4.53. The van der Waals surface area contributed by atoms with E-state index < -0.39 is 0 Å². The lowest BCUT2D eigenvalue weighted by Gasteiger charge is -2.39. The highest BCUT2D eigenvalue weighted by Gasteiger charge is 2.41. The Bertz CT molecular complexity index is 1220. The molecule has 2 unspecified atom stereocenters. The van der Waals surface area contributed by atoms with Crippen molar-refractivity contribution in [3.63, 3.8) is 0 Å². The van der Waals surface area contributed by atoms with Gasteiger partial charge >= 0.3 is 0 Å². The molecule has 3 aromatic rings. The van der Waals surface area contributed by atoms with Crippen LogP contribution in [-0.2, 0) is 11.2 Å². The van der Waals surface area contributed by atoms with Gasteiger partial charge in [0.1, 0.15) is 0 Å². The van der Waals surface area contributed by atoms with Gasteiger partial charge in [0.25, 0.3) is 0 Å². The molecule has 3 heterocycles. The average molecular weight is 479 g/mol. The van der Waals surface area contributed by atoms with Crippen LogP contribution in [0.3, 0.4) is 0 Å². The van der Waals surface area contributed by atoms with Gasteiger partial charge in [0.2, 0.25) is 0 Å². The van der Waals surface area contributed by atoms with Crippen molar-refractivity contribution in [3.05, 3.63) is 64.3 Å². The summed E-state index contributed by atoms with van der Waals surface area (Å²) in [4.78, 5) is 2.46. The molecule has 0 aliphatic carbocycles. The number of hydrogen-bond donors (Lipinski definition) is 0. The van der Waals surface area contributed by atoms with Gasteiger partial charge in [-0.05, 0) is 73.1 Å². The molecule has 2 aliphatic rings. The molecule has 0 N–H and O–H groups in total. The molecule has 2 atom stereocenters. The summed E-state index contributed by atoms with van der Waals surface area (Å²) in [5.41, 5.74) is 10.9. The zero-order valence-electron chi connectivity index (χ0n) is 22.1.